The standard InChI is InChI=1S/C14H17BrN2O4/c1-14(21-6-12(18)19)7-16(8-14)13(20)11-4-9(15)5-17(11)10-2-3-10/h4-5,10H,2-3,6-8H2,1H3,(H,18,19). The van der Waals surface area contributed by atoms with Gasteiger partial charge in [0.25, 0.3) is 5.91 Å². The number of rotatable bonds is 5. The molecule has 0 aromatic carbocycles. The minimum absolute atomic E-state index is 0.0241. The molecule has 1 saturated carbocycles. The highest BCUT2D eigenvalue weighted by atomic mass is 79.9. The van der Waals surface area contributed by atoms with E-state index in [4.69, 9.17) is 9.84 Å². The first-order chi connectivity index (χ1) is 9.88. The second-order valence-electron chi connectivity index (χ2n) is 5.98. The molecule has 1 N–H and O–H groups in total. The Kier molecular flexibility index (Phi) is 3.57. The van der Waals surface area contributed by atoms with Crippen LogP contribution >= 0.6 is 15.9 Å². The molecule has 1 aromatic heterocycles. The summed E-state index contributed by atoms with van der Waals surface area (Å²) in [5.41, 5.74) is 0.132. The van der Waals surface area contributed by atoms with E-state index in [-0.39, 0.29) is 12.5 Å². The summed E-state index contributed by atoms with van der Waals surface area (Å²) in [5.74, 6) is -1.02. The van der Waals surface area contributed by atoms with Crippen LogP contribution in [0, 0.1) is 0 Å². The molecule has 2 fully saturated rings. The van der Waals surface area contributed by atoms with Crippen LogP contribution < -0.4 is 0 Å². The summed E-state index contributed by atoms with van der Waals surface area (Å²) in [6.07, 6.45) is 4.17. The van der Waals surface area contributed by atoms with Crippen molar-refractivity contribution in [1.29, 1.82) is 0 Å². The first-order valence-corrected chi connectivity index (χ1v) is 7.70. The topological polar surface area (TPSA) is 71.8 Å². The zero-order valence-electron chi connectivity index (χ0n) is 11.7. The second kappa shape index (κ2) is 5.14. The first kappa shape index (κ1) is 14.6. The van der Waals surface area contributed by atoms with Crippen molar-refractivity contribution in [2.24, 2.45) is 0 Å². The summed E-state index contributed by atoms with van der Waals surface area (Å²) in [7, 11) is 0. The quantitative estimate of drug-likeness (QED) is 0.874. The molecule has 0 spiro atoms. The van der Waals surface area contributed by atoms with Gasteiger partial charge in [-0.15, -0.1) is 0 Å². The van der Waals surface area contributed by atoms with Crippen molar-refractivity contribution in [3.05, 3.63) is 22.4 Å². The Balaban J connectivity index is 1.64. The fourth-order valence-electron chi connectivity index (χ4n) is 2.67. The van der Waals surface area contributed by atoms with Gasteiger partial charge in [0.2, 0.25) is 0 Å². The number of nitrogens with zero attached hydrogens (tertiary/aromatic N) is 2. The molecule has 0 bridgehead atoms. The molecule has 1 aromatic rings. The molecule has 7 heteroatoms. The lowest BCUT2D eigenvalue weighted by Crippen LogP contribution is -2.63. The second-order valence-corrected chi connectivity index (χ2v) is 6.89. The van der Waals surface area contributed by atoms with Crippen LogP contribution in [0.2, 0.25) is 0 Å². The van der Waals surface area contributed by atoms with Crippen molar-refractivity contribution < 1.29 is 19.4 Å². The molecule has 21 heavy (non-hydrogen) atoms. The van der Waals surface area contributed by atoms with Gasteiger partial charge >= 0.3 is 5.97 Å². The van der Waals surface area contributed by atoms with E-state index in [0.29, 0.717) is 24.8 Å². The molecule has 1 saturated heterocycles. The summed E-state index contributed by atoms with van der Waals surface area (Å²) < 4.78 is 8.26. The van der Waals surface area contributed by atoms with E-state index in [1.54, 1.807) is 4.90 Å². The Labute approximate surface area is 130 Å². The maximum absolute atomic E-state index is 12.5. The van der Waals surface area contributed by atoms with Crippen LogP contribution in [0.3, 0.4) is 0 Å². The van der Waals surface area contributed by atoms with E-state index >= 15 is 0 Å². The Bertz CT molecular complexity index is 588. The number of amides is 1. The van der Waals surface area contributed by atoms with Gasteiger partial charge in [-0.25, -0.2) is 4.79 Å². The maximum atomic E-state index is 12.5. The van der Waals surface area contributed by atoms with Crippen molar-refractivity contribution >= 4 is 27.8 Å². The van der Waals surface area contributed by atoms with Gasteiger partial charge in [0, 0.05) is 16.7 Å². The molecule has 0 unspecified atom stereocenters. The third kappa shape index (κ3) is 2.98. The predicted octanol–water partition coefficient (Wildman–Crippen LogP) is 1.90. The number of hydrogen-bond acceptors (Lipinski definition) is 3. The normalized spacial score (nSPS) is 20.2. The van der Waals surface area contributed by atoms with Gasteiger partial charge in [-0.1, -0.05) is 0 Å². The number of aliphatic carboxylic acids is 1. The highest BCUT2D eigenvalue weighted by molar-refractivity contribution is 9.10. The van der Waals surface area contributed by atoms with Crippen LogP contribution in [-0.4, -0.2) is 51.7 Å². The maximum Gasteiger partial charge on any atom is 0.329 e. The Hall–Kier alpha value is -1.34. The average Bonchev–Trinajstić information content (AvgIpc) is 3.15. The third-order valence-electron chi connectivity index (χ3n) is 3.86. The van der Waals surface area contributed by atoms with Crippen LogP contribution in [0.4, 0.5) is 0 Å². The number of halogens is 1. The lowest BCUT2D eigenvalue weighted by Gasteiger charge is -2.47. The summed E-state index contributed by atoms with van der Waals surface area (Å²) in [4.78, 5) is 24.8. The van der Waals surface area contributed by atoms with Crippen molar-refractivity contribution in [2.75, 3.05) is 19.7 Å². The van der Waals surface area contributed by atoms with E-state index in [9.17, 15) is 9.59 Å². The number of carboxylic acid groups (broad SMARTS) is 1. The molecule has 2 heterocycles. The van der Waals surface area contributed by atoms with Crippen LogP contribution in [-0.2, 0) is 9.53 Å². The molecule has 6 nitrogen and oxygen atoms in total. The lowest BCUT2D eigenvalue weighted by molar-refractivity contribution is -0.160. The van der Waals surface area contributed by atoms with Gasteiger partial charge < -0.3 is 19.3 Å². The summed E-state index contributed by atoms with van der Waals surface area (Å²) in [6, 6.07) is 2.28. The van der Waals surface area contributed by atoms with Gasteiger partial charge in [0.15, 0.2) is 0 Å². The van der Waals surface area contributed by atoms with E-state index in [0.717, 1.165) is 17.3 Å². The molecule has 2 aliphatic rings. The highest BCUT2D eigenvalue weighted by Gasteiger charge is 2.44. The Morgan fingerprint density at radius 3 is 2.71 bits per heavy atom. The SMILES string of the molecule is CC1(OCC(=O)O)CN(C(=O)c2cc(Br)cn2C2CC2)C1. The van der Waals surface area contributed by atoms with Crippen LogP contribution in [0.1, 0.15) is 36.3 Å². The van der Waals surface area contributed by atoms with Crippen molar-refractivity contribution in [2.45, 2.75) is 31.4 Å². The van der Waals surface area contributed by atoms with E-state index in [1.165, 1.54) is 0 Å². The summed E-state index contributed by atoms with van der Waals surface area (Å²) in [6.45, 7) is 2.34. The molecule has 3 rings (SSSR count). The number of likely N-dealkylation sites (tertiary alicyclic amines) is 1. The molecule has 1 aliphatic carbocycles. The van der Waals surface area contributed by atoms with Crippen LogP contribution in [0.5, 0.6) is 0 Å². The fourth-order valence-corrected chi connectivity index (χ4v) is 3.10. The number of carboxylic acids is 1. The highest BCUT2D eigenvalue weighted by Crippen LogP contribution is 2.38. The lowest BCUT2D eigenvalue weighted by atomic mass is 9.96. The number of aromatic nitrogens is 1. The summed E-state index contributed by atoms with van der Waals surface area (Å²) in [5, 5.41) is 8.64. The molecule has 114 valence electrons. The minimum atomic E-state index is -0.993. The van der Waals surface area contributed by atoms with Crippen molar-refractivity contribution in [3.63, 3.8) is 0 Å². The van der Waals surface area contributed by atoms with Gasteiger partial charge in [-0.2, -0.15) is 0 Å². The van der Waals surface area contributed by atoms with E-state index in [2.05, 4.69) is 15.9 Å². The zero-order chi connectivity index (χ0) is 15.2. The molecule has 0 radical (unpaired) electrons. The van der Waals surface area contributed by atoms with Gasteiger partial charge in [-0.3, -0.25) is 4.79 Å². The Morgan fingerprint density at radius 2 is 2.14 bits per heavy atom. The number of ether oxygens (including phenoxy) is 1. The van der Waals surface area contributed by atoms with Gasteiger partial charge in [-0.05, 0) is 41.8 Å². The zero-order valence-corrected chi connectivity index (χ0v) is 13.3. The monoisotopic (exact) mass is 356 g/mol. The van der Waals surface area contributed by atoms with Gasteiger partial charge in [0.1, 0.15) is 17.9 Å². The number of hydrogen-bond donors (Lipinski definition) is 1. The fraction of sp³-hybridized carbons (Fsp3) is 0.571. The van der Waals surface area contributed by atoms with Crippen LogP contribution in [0.25, 0.3) is 0 Å². The first-order valence-electron chi connectivity index (χ1n) is 6.90. The predicted molar refractivity (Wildman–Crippen MR) is 78.3 cm³/mol. The molecule has 1 amide bonds. The molecular weight excluding hydrogens is 340 g/mol. The smallest absolute Gasteiger partial charge is 0.329 e. The average molecular weight is 357 g/mol. The summed E-state index contributed by atoms with van der Waals surface area (Å²) >= 11 is 3.42. The van der Waals surface area contributed by atoms with Crippen molar-refractivity contribution in [3.8, 4) is 0 Å². The molecule has 0 atom stereocenters. The number of carbonyl (C=O) groups is 2. The van der Waals surface area contributed by atoms with Gasteiger partial charge in [0.05, 0.1) is 13.1 Å². The Morgan fingerprint density at radius 1 is 1.48 bits per heavy atom. The van der Waals surface area contributed by atoms with Crippen LogP contribution in [0.15, 0.2) is 16.7 Å². The van der Waals surface area contributed by atoms with E-state index in [1.807, 2.05) is 23.8 Å². The number of carbonyl (C=O) groups excluding carboxylic acids is 1. The minimum Gasteiger partial charge on any atom is -0.480 e. The molecular formula is C14H17BrN2O4. The third-order valence-corrected chi connectivity index (χ3v) is 4.29. The van der Waals surface area contributed by atoms with Crippen molar-refractivity contribution in [1.82, 2.24) is 9.47 Å². The molecule has 1 aliphatic heterocycles. The largest absolute Gasteiger partial charge is 0.480 e. The van der Waals surface area contributed by atoms with E-state index < -0.39 is 11.6 Å².